The van der Waals surface area contributed by atoms with Crippen molar-refractivity contribution < 1.29 is 17.9 Å². The van der Waals surface area contributed by atoms with Gasteiger partial charge in [-0.3, -0.25) is 4.98 Å². The van der Waals surface area contributed by atoms with E-state index in [1.165, 1.54) is 18.2 Å². The minimum Gasteiger partial charge on any atom is -0.406 e. The predicted octanol–water partition coefficient (Wildman–Crippen LogP) is 5.39. The van der Waals surface area contributed by atoms with Crippen molar-refractivity contribution in [3.63, 3.8) is 0 Å². The van der Waals surface area contributed by atoms with E-state index in [1.54, 1.807) is 24.5 Å². The van der Waals surface area contributed by atoms with Gasteiger partial charge in [-0.1, -0.05) is 13.0 Å². The minimum atomic E-state index is -4.75. The fraction of sp³-hybridized carbons (Fsp3) is 0.250. The maximum atomic E-state index is 12.5. The lowest BCUT2D eigenvalue weighted by molar-refractivity contribution is -0.274. The van der Waals surface area contributed by atoms with Crippen molar-refractivity contribution in [1.82, 2.24) is 15.0 Å². The standard InChI is InChI=1S/C20H20F3N5O/c1-3-13(2)25-19-27-17(14-7-9-24-10-8-14)12-18(28-19)26-15-5-4-6-16(11-15)29-20(21,22)23/h4-13H,3H2,1-2H3,(H2,25,26,27,28)/t13-/m1/s1. The summed E-state index contributed by atoms with van der Waals surface area (Å²) >= 11 is 0. The molecule has 0 radical (unpaired) electrons. The molecule has 0 fully saturated rings. The van der Waals surface area contributed by atoms with Crippen LogP contribution in [0.2, 0.25) is 0 Å². The van der Waals surface area contributed by atoms with Crippen molar-refractivity contribution in [2.45, 2.75) is 32.7 Å². The summed E-state index contributed by atoms with van der Waals surface area (Å²) in [5.74, 6) is 0.532. The molecule has 29 heavy (non-hydrogen) atoms. The van der Waals surface area contributed by atoms with Crippen LogP contribution in [0.3, 0.4) is 0 Å². The number of alkyl halides is 3. The zero-order valence-corrected chi connectivity index (χ0v) is 15.9. The van der Waals surface area contributed by atoms with Crippen molar-refractivity contribution in [1.29, 1.82) is 0 Å². The molecule has 0 aliphatic heterocycles. The Morgan fingerprint density at radius 1 is 1.07 bits per heavy atom. The van der Waals surface area contributed by atoms with E-state index in [1.807, 2.05) is 26.0 Å². The largest absolute Gasteiger partial charge is 0.573 e. The summed E-state index contributed by atoms with van der Waals surface area (Å²) in [6.07, 6.45) is -0.563. The maximum absolute atomic E-state index is 12.5. The quantitative estimate of drug-likeness (QED) is 0.551. The number of hydrogen-bond acceptors (Lipinski definition) is 6. The first-order valence-corrected chi connectivity index (χ1v) is 9.01. The molecule has 0 aliphatic carbocycles. The summed E-state index contributed by atoms with van der Waals surface area (Å²) in [7, 11) is 0. The Bertz CT molecular complexity index is 950. The normalized spacial score (nSPS) is 12.3. The van der Waals surface area contributed by atoms with E-state index in [0.29, 0.717) is 23.1 Å². The van der Waals surface area contributed by atoms with Gasteiger partial charge in [-0.15, -0.1) is 13.2 Å². The molecule has 3 aromatic rings. The Morgan fingerprint density at radius 3 is 2.52 bits per heavy atom. The van der Waals surface area contributed by atoms with Crippen LogP contribution in [0.15, 0.2) is 54.9 Å². The Labute approximate surface area is 166 Å². The molecule has 0 aliphatic rings. The van der Waals surface area contributed by atoms with Crippen LogP contribution in [0.25, 0.3) is 11.3 Å². The van der Waals surface area contributed by atoms with Crippen LogP contribution in [0.5, 0.6) is 5.75 Å². The molecule has 0 bridgehead atoms. The lowest BCUT2D eigenvalue weighted by atomic mass is 10.2. The highest BCUT2D eigenvalue weighted by Gasteiger charge is 2.31. The third-order valence-corrected chi connectivity index (χ3v) is 4.03. The Kier molecular flexibility index (Phi) is 6.16. The van der Waals surface area contributed by atoms with Crippen LogP contribution in [0.4, 0.5) is 30.6 Å². The number of aromatic nitrogens is 3. The van der Waals surface area contributed by atoms with E-state index >= 15 is 0 Å². The van der Waals surface area contributed by atoms with Crippen LogP contribution in [-0.4, -0.2) is 27.4 Å². The van der Waals surface area contributed by atoms with Gasteiger partial charge in [-0.05, 0) is 37.6 Å². The Hall–Kier alpha value is -3.36. The first-order chi connectivity index (χ1) is 13.8. The lowest BCUT2D eigenvalue weighted by Crippen LogP contribution is -2.17. The summed E-state index contributed by atoms with van der Waals surface area (Å²) in [5.41, 5.74) is 1.89. The number of pyridine rings is 1. The summed E-state index contributed by atoms with van der Waals surface area (Å²) in [6.45, 7) is 4.04. The first-order valence-electron chi connectivity index (χ1n) is 9.01. The number of anilines is 3. The van der Waals surface area contributed by atoms with Crippen molar-refractivity contribution in [3.05, 3.63) is 54.9 Å². The van der Waals surface area contributed by atoms with Crippen molar-refractivity contribution in [3.8, 4) is 17.0 Å². The number of rotatable bonds is 7. The summed E-state index contributed by atoms with van der Waals surface area (Å²) < 4.78 is 41.4. The summed E-state index contributed by atoms with van der Waals surface area (Å²) in [6, 6.07) is 11.1. The highest BCUT2D eigenvalue weighted by molar-refractivity contribution is 5.67. The minimum absolute atomic E-state index is 0.152. The molecule has 0 saturated carbocycles. The van der Waals surface area contributed by atoms with E-state index < -0.39 is 6.36 Å². The highest BCUT2D eigenvalue weighted by Crippen LogP contribution is 2.28. The number of ether oxygens (including phenoxy) is 1. The van der Waals surface area contributed by atoms with Gasteiger partial charge in [0.2, 0.25) is 5.95 Å². The molecular formula is C20H20F3N5O. The molecule has 1 atom stereocenters. The average Bonchev–Trinajstić information content (AvgIpc) is 2.67. The van der Waals surface area contributed by atoms with Crippen LogP contribution in [0, 0.1) is 0 Å². The fourth-order valence-electron chi connectivity index (χ4n) is 2.49. The highest BCUT2D eigenvalue weighted by atomic mass is 19.4. The number of nitrogens with one attached hydrogen (secondary N) is 2. The van der Waals surface area contributed by atoms with Gasteiger partial charge in [-0.2, -0.15) is 4.98 Å². The number of halogens is 3. The fourth-order valence-corrected chi connectivity index (χ4v) is 2.49. The molecule has 0 amide bonds. The molecule has 0 spiro atoms. The van der Waals surface area contributed by atoms with Crippen molar-refractivity contribution in [2.75, 3.05) is 10.6 Å². The zero-order chi connectivity index (χ0) is 20.9. The van der Waals surface area contributed by atoms with Gasteiger partial charge in [0.1, 0.15) is 11.6 Å². The SMILES string of the molecule is CC[C@@H](C)Nc1nc(Nc2cccc(OC(F)(F)F)c2)cc(-c2ccncc2)n1. The van der Waals surface area contributed by atoms with Gasteiger partial charge < -0.3 is 15.4 Å². The van der Waals surface area contributed by atoms with E-state index in [0.717, 1.165) is 12.0 Å². The maximum Gasteiger partial charge on any atom is 0.573 e. The summed E-state index contributed by atoms with van der Waals surface area (Å²) in [5, 5.41) is 6.24. The second kappa shape index (κ2) is 8.76. The third-order valence-electron chi connectivity index (χ3n) is 4.03. The monoisotopic (exact) mass is 403 g/mol. The van der Waals surface area contributed by atoms with Crippen LogP contribution in [0.1, 0.15) is 20.3 Å². The first kappa shape index (κ1) is 20.4. The van der Waals surface area contributed by atoms with Gasteiger partial charge in [0.25, 0.3) is 0 Å². The van der Waals surface area contributed by atoms with Crippen molar-refractivity contribution in [2.24, 2.45) is 0 Å². The number of hydrogen-bond donors (Lipinski definition) is 2. The van der Waals surface area contributed by atoms with Gasteiger partial charge in [-0.25, -0.2) is 4.98 Å². The van der Waals surface area contributed by atoms with Gasteiger partial charge in [0.15, 0.2) is 0 Å². The van der Waals surface area contributed by atoms with E-state index in [2.05, 4.69) is 30.3 Å². The van der Waals surface area contributed by atoms with Crippen LogP contribution >= 0.6 is 0 Å². The topological polar surface area (TPSA) is 72.0 Å². The Balaban J connectivity index is 1.92. The summed E-state index contributed by atoms with van der Waals surface area (Å²) in [4.78, 5) is 13.0. The molecule has 6 nitrogen and oxygen atoms in total. The van der Waals surface area contributed by atoms with Crippen LogP contribution in [-0.2, 0) is 0 Å². The van der Waals surface area contributed by atoms with Gasteiger partial charge in [0.05, 0.1) is 5.69 Å². The van der Waals surface area contributed by atoms with Gasteiger partial charge in [0, 0.05) is 41.8 Å². The third kappa shape index (κ3) is 6.06. The average molecular weight is 403 g/mol. The molecular weight excluding hydrogens is 383 g/mol. The van der Waals surface area contributed by atoms with Gasteiger partial charge >= 0.3 is 6.36 Å². The molecule has 9 heteroatoms. The molecule has 3 rings (SSSR count). The van der Waals surface area contributed by atoms with E-state index in [9.17, 15) is 13.2 Å². The number of nitrogens with zero attached hydrogens (tertiary/aromatic N) is 3. The number of benzene rings is 1. The molecule has 2 aromatic heterocycles. The second-order valence-electron chi connectivity index (χ2n) is 6.35. The van der Waals surface area contributed by atoms with E-state index in [-0.39, 0.29) is 11.8 Å². The molecule has 2 heterocycles. The zero-order valence-electron chi connectivity index (χ0n) is 15.9. The van der Waals surface area contributed by atoms with E-state index in [4.69, 9.17) is 0 Å². The Morgan fingerprint density at radius 2 is 1.83 bits per heavy atom. The molecule has 1 aromatic carbocycles. The second-order valence-corrected chi connectivity index (χ2v) is 6.35. The van der Waals surface area contributed by atoms with Crippen LogP contribution < -0.4 is 15.4 Å². The smallest absolute Gasteiger partial charge is 0.406 e. The predicted molar refractivity (Wildman–Crippen MR) is 105 cm³/mol. The van der Waals surface area contributed by atoms with Crippen molar-refractivity contribution >= 4 is 17.5 Å². The molecule has 0 unspecified atom stereocenters. The molecule has 0 saturated heterocycles. The lowest BCUT2D eigenvalue weighted by Gasteiger charge is -2.15. The molecule has 2 N–H and O–H groups in total. The molecule has 152 valence electrons.